The van der Waals surface area contributed by atoms with Crippen LogP contribution in [0.2, 0.25) is 0 Å². The number of hydrogen-bond donors (Lipinski definition) is 2. The van der Waals surface area contributed by atoms with Crippen molar-refractivity contribution in [2.75, 3.05) is 6.54 Å². The van der Waals surface area contributed by atoms with Crippen LogP contribution in [0.15, 0.2) is 22.7 Å². The molecule has 0 aliphatic rings. The summed E-state index contributed by atoms with van der Waals surface area (Å²) >= 11 is 3.40. The molecule has 1 unspecified atom stereocenters. The van der Waals surface area contributed by atoms with Gasteiger partial charge in [-0.1, -0.05) is 28.9 Å². The zero-order valence-corrected chi connectivity index (χ0v) is 9.21. The van der Waals surface area contributed by atoms with Gasteiger partial charge in [-0.2, -0.15) is 0 Å². The molecular formula is C10H14BrNO. The summed E-state index contributed by atoms with van der Waals surface area (Å²) in [5.74, 6) is 0. The van der Waals surface area contributed by atoms with Gasteiger partial charge in [0.1, 0.15) is 0 Å². The van der Waals surface area contributed by atoms with Gasteiger partial charge in [0.2, 0.25) is 0 Å². The molecule has 0 radical (unpaired) electrons. The Morgan fingerprint density at radius 3 is 2.69 bits per heavy atom. The van der Waals surface area contributed by atoms with Crippen LogP contribution in [0.5, 0.6) is 0 Å². The number of aliphatic hydroxyl groups excluding tert-OH is 1. The zero-order chi connectivity index (χ0) is 9.84. The highest BCUT2D eigenvalue weighted by Gasteiger charge is 2.06. The first-order valence-electron chi connectivity index (χ1n) is 4.35. The number of aliphatic hydroxyl groups is 1. The second-order valence-corrected chi connectivity index (χ2v) is 3.91. The summed E-state index contributed by atoms with van der Waals surface area (Å²) in [5.41, 5.74) is 7.47. The second-order valence-electron chi connectivity index (χ2n) is 3.00. The van der Waals surface area contributed by atoms with E-state index in [1.54, 1.807) is 0 Å². The molecule has 0 aliphatic heterocycles. The van der Waals surface area contributed by atoms with E-state index in [0.29, 0.717) is 0 Å². The standard InChI is InChI=1S/C10H14BrNO/c1-2-7-3-8(10(13)6-12)5-9(11)4-7/h3-5,10,13H,2,6,12H2,1H3. The molecule has 0 saturated heterocycles. The molecule has 0 fully saturated rings. The Kier molecular flexibility index (Phi) is 3.90. The molecule has 1 rings (SSSR count). The first-order valence-corrected chi connectivity index (χ1v) is 5.14. The van der Waals surface area contributed by atoms with Crippen molar-refractivity contribution in [3.05, 3.63) is 33.8 Å². The van der Waals surface area contributed by atoms with E-state index in [1.165, 1.54) is 5.56 Å². The summed E-state index contributed by atoms with van der Waals surface area (Å²) in [6.07, 6.45) is 0.409. The van der Waals surface area contributed by atoms with E-state index >= 15 is 0 Å². The lowest BCUT2D eigenvalue weighted by Gasteiger charge is -2.10. The van der Waals surface area contributed by atoms with Gasteiger partial charge in [0.15, 0.2) is 0 Å². The fourth-order valence-corrected chi connectivity index (χ4v) is 1.77. The lowest BCUT2D eigenvalue weighted by molar-refractivity contribution is 0.186. The van der Waals surface area contributed by atoms with E-state index in [9.17, 15) is 5.11 Å². The summed E-state index contributed by atoms with van der Waals surface area (Å²) in [7, 11) is 0. The number of benzene rings is 1. The number of halogens is 1. The lowest BCUT2D eigenvalue weighted by Crippen LogP contribution is -2.11. The van der Waals surface area contributed by atoms with Gasteiger partial charge >= 0.3 is 0 Å². The van der Waals surface area contributed by atoms with E-state index in [4.69, 9.17) is 5.73 Å². The van der Waals surface area contributed by atoms with Crippen molar-refractivity contribution < 1.29 is 5.11 Å². The molecule has 1 aromatic rings. The van der Waals surface area contributed by atoms with Crippen molar-refractivity contribution in [2.24, 2.45) is 5.73 Å². The van der Waals surface area contributed by atoms with Crippen LogP contribution in [0, 0.1) is 0 Å². The van der Waals surface area contributed by atoms with Crippen LogP contribution >= 0.6 is 15.9 Å². The van der Waals surface area contributed by atoms with E-state index in [2.05, 4.69) is 22.9 Å². The minimum atomic E-state index is -0.553. The van der Waals surface area contributed by atoms with Gasteiger partial charge in [0.05, 0.1) is 6.10 Å². The zero-order valence-electron chi connectivity index (χ0n) is 7.63. The van der Waals surface area contributed by atoms with Crippen LogP contribution in [0.3, 0.4) is 0 Å². The maximum absolute atomic E-state index is 9.53. The van der Waals surface area contributed by atoms with E-state index in [-0.39, 0.29) is 6.54 Å². The molecule has 3 N–H and O–H groups in total. The number of aryl methyl sites for hydroxylation is 1. The SMILES string of the molecule is CCc1cc(Br)cc(C(O)CN)c1. The fraction of sp³-hybridized carbons (Fsp3) is 0.400. The Hall–Kier alpha value is -0.380. The quantitative estimate of drug-likeness (QED) is 0.854. The first-order chi connectivity index (χ1) is 6.17. The molecule has 2 nitrogen and oxygen atoms in total. The molecule has 72 valence electrons. The van der Waals surface area contributed by atoms with Gasteiger partial charge in [0.25, 0.3) is 0 Å². The largest absolute Gasteiger partial charge is 0.387 e. The molecule has 0 heterocycles. The number of nitrogens with two attached hydrogens (primary N) is 1. The fourth-order valence-electron chi connectivity index (χ4n) is 1.21. The molecule has 0 aliphatic carbocycles. The summed E-state index contributed by atoms with van der Waals surface area (Å²) < 4.78 is 0.995. The average molecular weight is 244 g/mol. The van der Waals surface area contributed by atoms with Crippen LogP contribution in [0.1, 0.15) is 24.2 Å². The highest BCUT2D eigenvalue weighted by Crippen LogP contribution is 2.20. The van der Waals surface area contributed by atoms with Crippen molar-refractivity contribution >= 4 is 15.9 Å². The predicted molar refractivity (Wildman–Crippen MR) is 57.5 cm³/mol. The van der Waals surface area contributed by atoms with Crippen LogP contribution in [-0.4, -0.2) is 11.7 Å². The van der Waals surface area contributed by atoms with E-state index < -0.39 is 6.10 Å². The Labute approximate surface area is 86.9 Å². The summed E-state index contributed by atoms with van der Waals surface area (Å²) in [6.45, 7) is 2.35. The Morgan fingerprint density at radius 1 is 1.46 bits per heavy atom. The Balaban J connectivity index is 3.01. The topological polar surface area (TPSA) is 46.2 Å². The van der Waals surface area contributed by atoms with Crippen molar-refractivity contribution in [1.29, 1.82) is 0 Å². The Morgan fingerprint density at radius 2 is 2.15 bits per heavy atom. The minimum Gasteiger partial charge on any atom is -0.387 e. The maximum atomic E-state index is 9.53. The Bertz CT molecular complexity index is 288. The van der Waals surface area contributed by atoms with Gasteiger partial charge < -0.3 is 10.8 Å². The monoisotopic (exact) mass is 243 g/mol. The maximum Gasteiger partial charge on any atom is 0.0912 e. The third kappa shape index (κ3) is 2.79. The lowest BCUT2D eigenvalue weighted by atomic mass is 10.0. The molecular weight excluding hydrogens is 230 g/mol. The second kappa shape index (κ2) is 4.74. The van der Waals surface area contributed by atoms with Crippen molar-refractivity contribution in [3.8, 4) is 0 Å². The molecule has 1 atom stereocenters. The van der Waals surface area contributed by atoms with Gasteiger partial charge in [-0.05, 0) is 29.7 Å². The summed E-state index contributed by atoms with van der Waals surface area (Å²) in [5, 5.41) is 9.53. The molecule has 0 aromatic heterocycles. The van der Waals surface area contributed by atoms with Gasteiger partial charge in [-0.15, -0.1) is 0 Å². The molecule has 0 amide bonds. The third-order valence-electron chi connectivity index (χ3n) is 2.00. The van der Waals surface area contributed by atoms with Crippen LogP contribution in [0.4, 0.5) is 0 Å². The summed E-state index contributed by atoms with van der Waals surface area (Å²) in [4.78, 5) is 0. The number of rotatable bonds is 3. The van der Waals surface area contributed by atoms with Crippen molar-refractivity contribution in [2.45, 2.75) is 19.4 Å². The molecule has 1 aromatic carbocycles. The smallest absolute Gasteiger partial charge is 0.0912 e. The molecule has 0 saturated carbocycles. The van der Waals surface area contributed by atoms with Gasteiger partial charge in [0, 0.05) is 11.0 Å². The van der Waals surface area contributed by atoms with Gasteiger partial charge in [-0.3, -0.25) is 0 Å². The highest BCUT2D eigenvalue weighted by molar-refractivity contribution is 9.10. The van der Waals surface area contributed by atoms with Crippen molar-refractivity contribution in [1.82, 2.24) is 0 Å². The van der Waals surface area contributed by atoms with Crippen LogP contribution < -0.4 is 5.73 Å². The van der Waals surface area contributed by atoms with Crippen molar-refractivity contribution in [3.63, 3.8) is 0 Å². The van der Waals surface area contributed by atoms with E-state index in [0.717, 1.165) is 16.5 Å². The number of hydrogen-bond acceptors (Lipinski definition) is 2. The van der Waals surface area contributed by atoms with E-state index in [1.807, 2.05) is 18.2 Å². The highest BCUT2D eigenvalue weighted by atomic mass is 79.9. The van der Waals surface area contributed by atoms with Crippen LogP contribution in [-0.2, 0) is 6.42 Å². The normalized spacial score (nSPS) is 12.9. The molecule has 0 bridgehead atoms. The third-order valence-corrected chi connectivity index (χ3v) is 2.45. The minimum absolute atomic E-state index is 0.263. The average Bonchev–Trinajstić information content (AvgIpc) is 2.15. The predicted octanol–water partition coefficient (Wildman–Crippen LogP) is 2.00. The summed E-state index contributed by atoms with van der Waals surface area (Å²) in [6, 6.07) is 5.94. The first kappa shape index (κ1) is 10.7. The van der Waals surface area contributed by atoms with Crippen LogP contribution in [0.25, 0.3) is 0 Å². The molecule has 0 spiro atoms. The molecule has 13 heavy (non-hydrogen) atoms. The molecule has 3 heteroatoms. The van der Waals surface area contributed by atoms with Gasteiger partial charge in [-0.25, -0.2) is 0 Å².